The maximum absolute atomic E-state index is 12.6. The Morgan fingerprint density at radius 2 is 1.91 bits per heavy atom. The van der Waals surface area contributed by atoms with Gasteiger partial charge in [-0.25, -0.2) is 8.42 Å². The van der Waals surface area contributed by atoms with E-state index in [1.807, 2.05) is 6.07 Å². The van der Waals surface area contributed by atoms with Crippen LogP contribution in [0.1, 0.15) is 15.2 Å². The van der Waals surface area contributed by atoms with Crippen molar-refractivity contribution >= 4 is 38.7 Å². The summed E-state index contributed by atoms with van der Waals surface area (Å²) in [6.45, 7) is 4.49. The molecular weight excluding hydrogens is 354 g/mol. The van der Waals surface area contributed by atoms with Crippen molar-refractivity contribution in [1.29, 1.82) is 0 Å². The van der Waals surface area contributed by atoms with E-state index in [1.54, 1.807) is 17.0 Å². The van der Waals surface area contributed by atoms with Crippen molar-refractivity contribution < 1.29 is 13.2 Å². The van der Waals surface area contributed by atoms with Gasteiger partial charge in [-0.1, -0.05) is 17.7 Å². The Hall–Kier alpha value is -1.63. The molecule has 0 bridgehead atoms. The van der Waals surface area contributed by atoms with Gasteiger partial charge in [0.25, 0.3) is 5.91 Å². The molecule has 4 nitrogen and oxygen atoms in total. The van der Waals surface area contributed by atoms with Crippen molar-refractivity contribution in [3.63, 3.8) is 0 Å². The molecule has 0 unspecified atom stereocenters. The molecular formula is C16H16ClNO3S2. The summed E-state index contributed by atoms with van der Waals surface area (Å²) in [6.07, 6.45) is 2.78. The molecule has 2 rings (SSSR count). The molecule has 0 aliphatic heterocycles. The fraction of sp³-hybridized carbons (Fsp3) is 0.188. The first-order valence-corrected chi connectivity index (χ1v) is 9.84. The summed E-state index contributed by atoms with van der Waals surface area (Å²) < 4.78 is 23.6. The summed E-state index contributed by atoms with van der Waals surface area (Å²) in [4.78, 5) is 15.4. The van der Waals surface area contributed by atoms with Crippen LogP contribution in [-0.4, -0.2) is 32.0 Å². The highest BCUT2D eigenvalue weighted by Crippen LogP contribution is 2.23. The van der Waals surface area contributed by atoms with E-state index in [0.29, 0.717) is 23.0 Å². The first-order valence-electron chi connectivity index (χ1n) is 6.76. The first-order chi connectivity index (χ1) is 10.8. The number of carbonyl (C=O) groups is 1. The summed E-state index contributed by atoms with van der Waals surface area (Å²) in [6, 6.07) is 9.60. The molecule has 0 fully saturated rings. The monoisotopic (exact) mass is 369 g/mol. The van der Waals surface area contributed by atoms with Crippen molar-refractivity contribution in [3.8, 4) is 0 Å². The molecule has 1 amide bonds. The number of hydrogen-bond donors (Lipinski definition) is 0. The Kier molecular flexibility index (Phi) is 5.62. The number of halogens is 1. The predicted octanol–water partition coefficient (Wildman–Crippen LogP) is 3.63. The molecule has 2 aromatic rings. The average Bonchev–Trinajstić information content (AvgIpc) is 2.90. The Morgan fingerprint density at radius 1 is 1.26 bits per heavy atom. The first kappa shape index (κ1) is 17.7. The zero-order chi connectivity index (χ0) is 17.0. The molecule has 23 heavy (non-hydrogen) atoms. The van der Waals surface area contributed by atoms with Crippen molar-refractivity contribution in [3.05, 3.63) is 63.8 Å². The van der Waals surface area contributed by atoms with E-state index < -0.39 is 9.84 Å². The number of rotatable bonds is 6. The number of nitrogens with zero attached hydrogens (tertiary/aromatic N) is 1. The topological polar surface area (TPSA) is 54.5 Å². The molecule has 0 radical (unpaired) electrons. The molecule has 1 aromatic carbocycles. The highest BCUT2D eigenvalue weighted by molar-refractivity contribution is 7.90. The minimum atomic E-state index is -3.28. The number of sulfone groups is 1. The van der Waals surface area contributed by atoms with E-state index in [4.69, 9.17) is 11.6 Å². The van der Waals surface area contributed by atoms with Crippen LogP contribution in [0.2, 0.25) is 4.34 Å². The number of thiophene rings is 1. The van der Waals surface area contributed by atoms with Crippen LogP contribution in [0.15, 0.2) is 53.9 Å². The molecule has 0 saturated heterocycles. The fourth-order valence-corrected chi connectivity index (χ4v) is 3.76. The molecule has 122 valence electrons. The third kappa shape index (κ3) is 4.67. The van der Waals surface area contributed by atoms with E-state index in [2.05, 4.69) is 6.58 Å². The van der Waals surface area contributed by atoms with Gasteiger partial charge in [-0.2, -0.15) is 0 Å². The summed E-state index contributed by atoms with van der Waals surface area (Å²) in [5.74, 6) is -0.186. The average molecular weight is 370 g/mol. The predicted molar refractivity (Wildman–Crippen MR) is 93.8 cm³/mol. The summed E-state index contributed by atoms with van der Waals surface area (Å²) in [5.41, 5.74) is 0.432. The Bertz CT molecular complexity index is 810. The second-order valence-electron chi connectivity index (χ2n) is 4.98. The minimum Gasteiger partial charge on any atom is -0.330 e. The molecule has 0 saturated carbocycles. The van der Waals surface area contributed by atoms with Crippen LogP contribution in [-0.2, 0) is 16.4 Å². The quantitative estimate of drug-likeness (QED) is 0.730. The lowest BCUT2D eigenvalue weighted by atomic mass is 10.2. The van der Waals surface area contributed by atoms with Gasteiger partial charge in [0.1, 0.15) is 0 Å². The zero-order valence-corrected chi connectivity index (χ0v) is 14.9. The van der Waals surface area contributed by atoms with Crippen LogP contribution >= 0.6 is 22.9 Å². The van der Waals surface area contributed by atoms with E-state index >= 15 is 0 Å². The second kappa shape index (κ2) is 7.29. The van der Waals surface area contributed by atoms with Gasteiger partial charge in [0.15, 0.2) is 9.84 Å². The number of hydrogen-bond acceptors (Lipinski definition) is 4. The normalized spacial score (nSPS) is 11.2. The number of amides is 1. The second-order valence-corrected chi connectivity index (χ2v) is 8.79. The summed E-state index contributed by atoms with van der Waals surface area (Å²) in [7, 11) is -3.28. The highest BCUT2D eigenvalue weighted by Gasteiger charge is 2.17. The molecule has 0 aliphatic carbocycles. The van der Waals surface area contributed by atoms with Crippen molar-refractivity contribution in [2.24, 2.45) is 0 Å². The minimum absolute atomic E-state index is 0.186. The largest absolute Gasteiger partial charge is 0.330 e. The van der Waals surface area contributed by atoms with Crippen molar-refractivity contribution in [2.75, 3.05) is 12.8 Å². The van der Waals surface area contributed by atoms with Gasteiger partial charge in [0.2, 0.25) is 0 Å². The highest BCUT2D eigenvalue weighted by atomic mass is 35.5. The Labute approximate surface area is 144 Å². The van der Waals surface area contributed by atoms with Gasteiger partial charge >= 0.3 is 0 Å². The summed E-state index contributed by atoms with van der Waals surface area (Å²) >= 11 is 7.33. The third-order valence-electron chi connectivity index (χ3n) is 3.14. The number of carbonyl (C=O) groups excluding carboxylic acids is 1. The standard InChI is InChI=1S/C16H16ClNO3S2/c1-3-10-18(11-13-6-9-15(17)22-13)16(19)12-4-7-14(8-5-12)23(2,20)21/h3-9H,1,10-11H2,2H3. The van der Waals surface area contributed by atoms with Crippen LogP contribution < -0.4 is 0 Å². The van der Waals surface area contributed by atoms with Gasteiger partial charge < -0.3 is 4.90 Å². The van der Waals surface area contributed by atoms with Crippen LogP contribution in [0.3, 0.4) is 0 Å². The van der Waals surface area contributed by atoms with E-state index in [0.717, 1.165) is 11.1 Å². The zero-order valence-electron chi connectivity index (χ0n) is 12.5. The van der Waals surface area contributed by atoms with Crippen LogP contribution in [0, 0.1) is 0 Å². The SMILES string of the molecule is C=CCN(Cc1ccc(Cl)s1)C(=O)c1ccc(S(C)(=O)=O)cc1. The van der Waals surface area contributed by atoms with E-state index in [9.17, 15) is 13.2 Å². The van der Waals surface area contributed by atoms with E-state index in [1.165, 1.54) is 35.6 Å². The lowest BCUT2D eigenvalue weighted by Gasteiger charge is -2.20. The molecule has 0 atom stereocenters. The summed E-state index contributed by atoms with van der Waals surface area (Å²) in [5, 5.41) is 0. The molecule has 0 N–H and O–H groups in total. The van der Waals surface area contributed by atoms with Crippen LogP contribution in [0.25, 0.3) is 0 Å². The molecule has 0 spiro atoms. The lowest BCUT2D eigenvalue weighted by molar-refractivity contribution is 0.0764. The van der Waals surface area contributed by atoms with Gasteiger partial charge in [-0.15, -0.1) is 17.9 Å². The fourth-order valence-electron chi connectivity index (χ4n) is 2.03. The van der Waals surface area contributed by atoms with Crippen LogP contribution in [0.5, 0.6) is 0 Å². The Morgan fingerprint density at radius 3 is 2.39 bits per heavy atom. The van der Waals surface area contributed by atoms with Crippen molar-refractivity contribution in [1.82, 2.24) is 4.90 Å². The Balaban J connectivity index is 2.21. The van der Waals surface area contributed by atoms with Gasteiger partial charge in [0.05, 0.1) is 15.8 Å². The number of benzene rings is 1. The molecule has 1 aromatic heterocycles. The van der Waals surface area contributed by atoms with Gasteiger partial charge in [-0.3, -0.25) is 4.79 Å². The van der Waals surface area contributed by atoms with Gasteiger partial charge in [-0.05, 0) is 36.4 Å². The smallest absolute Gasteiger partial charge is 0.254 e. The van der Waals surface area contributed by atoms with Crippen molar-refractivity contribution in [2.45, 2.75) is 11.4 Å². The molecule has 1 heterocycles. The van der Waals surface area contributed by atoms with E-state index in [-0.39, 0.29) is 10.8 Å². The maximum Gasteiger partial charge on any atom is 0.254 e. The lowest BCUT2D eigenvalue weighted by Crippen LogP contribution is -2.30. The molecule has 7 heteroatoms. The molecule has 0 aliphatic rings. The maximum atomic E-state index is 12.6. The van der Waals surface area contributed by atoms with Crippen LogP contribution in [0.4, 0.5) is 0 Å². The van der Waals surface area contributed by atoms with Gasteiger partial charge in [0, 0.05) is 23.2 Å². The third-order valence-corrected chi connectivity index (χ3v) is 5.49.